The van der Waals surface area contributed by atoms with Crippen molar-refractivity contribution in [1.29, 1.82) is 5.26 Å². The molecule has 0 saturated carbocycles. The normalized spacial score (nSPS) is 15.5. The van der Waals surface area contributed by atoms with Crippen LogP contribution in [0.5, 0.6) is 5.75 Å². The van der Waals surface area contributed by atoms with Crippen LogP contribution in [-0.4, -0.2) is 46.7 Å². The van der Waals surface area contributed by atoms with Gasteiger partial charge in [-0.1, -0.05) is 17.3 Å². The summed E-state index contributed by atoms with van der Waals surface area (Å²) in [5.74, 6) is -1.53. The molecule has 0 fully saturated rings. The van der Waals surface area contributed by atoms with Gasteiger partial charge in [-0.15, -0.1) is 0 Å². The van der Waals surface area contributed by atoms with E-state index in [4.69, 9.17) is 14.9 Å². The molecule has 1 N–H and O–H groups in total. The van der Waals surface area contributed by atoms with Crippen molar-refractivity contribution >= 4 is 28.4 Å². The third-order valence-electron chi connectivity index (χ3n) is 7.04. The molecule has 1 aliphatic rings. The molecule has 0 radical (unpaired) electrons. The maximum absolute atomic E-state index is 15.2. The first kappa shape index (κ1) is 26.6. The summed E-state index contributed by atoms with van der Waals surface area (Å²) in [7, 11) is 0. The first-order valence-electron chi connectivity index (χ1n) is 12.9. The number of hydrogen-bond donors (Lipinski definition) is 1. The number of imidazole rings is 2. The zero-order valence-electron chi connectivity index (χ0n) is 22.1. The Morgan fingerprint density at radius 2 is 2.07 bits per heavy atom. The topological polar surface area (TPSA) is 136 Å². The lowest BCUT2D eigenvalue weighted by Gasteiger charge is -2.27. The summed E-state index contributed by atoms with van der Waals surface area (Å²) in [6.07, 6.45) is 9.39. The number of hydrogen-bond acceptors (Lipinski definition) is 8. The highest BCUT2D eigenvalue weighted by atomic mass is 19.1. The van der Waals surface area contributed by atoms with Gasteiger partial charge in [-0.2, -0.15) is 10.2 Å². The van der Waals surface area contributed by atoms with Crippen LogP contribution >= 0.6 is 0 Å². The quantitative estimate of drug-likeness (QED) is 0.139. The van der Waals surface area contributed by atoms with Gasteiger partial charge in [0.1, 0.15) is 17.7 Å². The van der Waals surface area contributed by atoms with Crippen LogP contribution in [0.25, 0.3) is 28.1 Å². The van der Waals surface area contributed by atoms with Crippen molar-refractivity contribution < 1.29 is 18.7 Å². The Morgan fingerprint density at radius 1 is 1.24 bits per heavy atom. The minimum atomic E-state index is -0.929. The highest BCUT2D eigenvalue weighted by Crippen LogP contribution is 2.39. The molecule has 13 heteroatoms. The SMILES string of the molecule is C\C=C/C(=C\C=N\O)Cn1c(=O)n([C@@H]2CCOc3c(F)ccc(F)c32)c2nc(-n3cnc4ccc(C#N)cc43)ncc21. The maximum atomic E-state index is 15.2. The Morgan fingerprint density at radius 3 is 2.86 bits per heavy atom. The van der Waals surface area contributed by atoms with Crippen molar-refractivity contribution in [3.8, 4) is 17.8 Å². The second-order valence-electron chi connectivity index (χ2n) is 9.48. The Labute approximate surface area is 236 Å². The van der Waals surface area contributed by atoms with Gasteiger partial charge in [-0.25, -0.2) is 23.5 Å². The standard InChI is InChI=1S/C29H22F2N8O3/c1-2-3-17(8-10-35-41)15-37-24-14-33-28(38-16-34-21-7-4-18(13-32)12-23(21)38)36-27(24)39(29(37)40)22-9-11-42-26-20(31)6-5-19(30)25(22)26/h2-8,10,12,14,16,22,41H,9,11,15H2,1H3/b3-2-,17-8+,35-10+/t22-/m1/s1. The van der Waals surface area contributed by atoms with E-state index in [-0.39, 0.29) is 42.5 Å². The highest BCUT2D eigenvalue weighted by molar-refractivity contribution is 5.79. The molecular formula is C29H22F2N8O3. The lowest BCUT2D eigenvalue weighted by atomic mass is 9.99. The van der Waals surface area contributed by atoms with Crippen molar-refractivity contribution in [1.82, 2.24) is 28.7 Å². The first-order valence-corrected chi connectivity index (χ1v) is 12.9. The van der Waals surface area contributed by atoms with E-state index in [0.717, 1.165) is 12.1 Å². The molecule has 0 saturated heterocycles. The van der Waals surface area contributed by atoms with Gasteiger partial charge in [0, 0.05) is 6.42 Å². The van der Waals surface area contributed by atoms with E-state index in [9.17, 15) is 14.4 Å². The van der Waals surface area contributed by atoms with Gasteiger partial charge >= 0.3 is 5.69 Å². The largest absolute Gasteiger partial charge is 0.490 e. The highest BCUT2D eigenvalue weighted by Gasteiger charge is 2.33. The second kappa shape index (κ2) is 10.7. The predicted octanol–water partition coefficient (Wildman–Crippen LogP) is 4.42. The van der Waals surface area contributed by atoms with Crippen molar-refractivity contribution in [2.75, 3.05) is 6.61 Å². The number of nitrogens with zero attached hydrogens (tertiary/aromatic N) is 8. The van der Waals surface area contributed by atoms with E-state index < -0.39 is 23.4 Å². The third-order valence-corrected chi connectivity index (χ3v) is 7.04. The zero-order chi connectivity index (χ0) is 29.4. The van der Waals surface area contributed by atoms with Crippen molar-refractivity contribution in [3.05, 3.63) is 99.9 Å². The molecule has 0 unspecified atom stereocenters. The van der Waals surface area contributed by atoms with Crippen LogP contribution < -0.4 is 10.4 Å². The molecule has 42 heavy (non-hydrogen) atoms. The lowest BCUT2D eigenvalue weighted by Crippen LogP contribution is -2.32. The van der Waals surface area contributed by atoms with Gasteiger partial charge < -0.3 is 9.94 Å². The maximum Gasteiger partial charge on any atom is 0.331 e. The average Bonchev–Trinajstić information content (AvgIpc) is 3.55. The lowest BCUT2D eigenvalue weighted by molar-refractivity contribution is 0.238. The first-order chi connectivity index (χ1) is 20.4. The molecule has 11 nitrogen and oxygen atoms in total. The molecule has 5 aromatic rings. The van der Waals surface area contributed by atoms with Crippen LogP contribution in [0.1, 0.15) is 30.5 Å². The molecule has 0 spiro atoms. The summed E-state index contributed by atoms with van der Waals surface area (Å²) in [5, 5.41) is 21.3. The number of rotatable bonds is 6. The Balaban J connectivity index is 1.62. The van der Waals surface area contributed by atoms with Crippen LogP contribution in [0.2, 0.25) is 0 Å². The van der Waals surface area contributed by atoms with Gasteiger partial charge in [0.15, 0.2) is 17.2 Å². The Hall–Kier alpha value is -5.64. The summed E-state index contributed by atoms with van der Waals surface area (Å²) < 4.78 is 39.7. The van der Waals surface area contributed by atoms with Gasteiger partial charge in [0.25, 0.3) is 0 Å². The molecule has 210 valence electrons. The van der Waals surface area contributed by atoms with Crippen LogP contribution in [0.3, 0.4) is 0 Å². The fourth-order valence-corrected chi connectivity index (χ4v) is 5.20. The fraction of sp³-hybridized carbons (Fsp3) is 0.172. The molecule has 2 aromatic carbocycles. The Bertz CT molecular complexity index is 2050. The van der Waals surface area contributed by atoms with Gasteiger partial charge in [0.05, 0.1) is 59.8 Å². The Kier molecular flexibility index (Phi) is 6.79. The van der Waals surface area contributed by atoms with Gasteiger partial charge in [-0.05, 0) is 48.9 Å². The number of fused-ring (bicyclic) bond motifs is 3. The average molecular weight is 569 g/mol. The van der Waals surface area contributed by atoms with Crippen molar-refractivity contribution in [2.24, 2.45) is 5.16 Å². The molecule has 0 bridgehead atoms. The molecule has 0 aliphatic carbocycles. The van der Waals surface area contributed by atoms with Crippen LogP contribution in [0.4, 0.5) is 8.78 Å². The summed E-state index contributed by atoms with van der Waals surface area (Å²) in [5.41, 5.74) is 2.13. The summed E-state index contributed by atoms with van der Waals surface area (Å²) in [6.45, 7) is 1.90. The number of oxime groups is 1. The van der Waals surface area contributed by atoms with E-state index in [0.29, 0.717) is 27.7 Å². The van der Waals surface area contributed by atoms with Gasteiger partial charge in [0.2, 0.25) is 5.95 Å². The molecule has 1 aliphatic heterocycles. The van der Waals surface area contributed by atoms with E-state index >= 15 is 4.39 Å². The molecular weight excluding hydrogens is 546 g/mol. The van der Waals surface area contributed by atoms with E-state index in [2.05, 4.69) is 21.2 Å². The van der Waals surface area contributed by atoms with Crippen molar-refractivity contribution in [3.63, 3.8) is 0 Å². The van der Waals surface area contributed by atoms with Gasteiger partial charge in [-0.3, -0.25) is 13.7 Å². The smallest absolute Gasteiger partial charge is 0.331 e. The number of ether oxygens (including phenoxy) is 1. The monoisotopic (exact) mass is 568 g/mol. The molecule has 6 rings (SSSR count). The number of halogens is 2. The van der Waals surface area contributed by atoms with E-state index in [1.165, 1.54) is 33.9 Å². The van der Waals surface area contributed by atoms with Crippen LogP contribution in [0.15, 0.2) is 76.6 Å². The third kappa shape index (κ3) is 4.39. The molecule has 3 aromatic heterocycles. The fourth-order valence-electron chi connectivity index (χ4n) is 5.20. The minimum Gasteiger partial charge on any atom is -0.490 e. The van der Waals surface area contributed by atoms with Crippen LogP contribution in [0, 0.1) is 23.0 Å². The molecule has 1 atom stereocenters. The summed E-state index contributed by atoms with van der Waals surface area (Å²) in [6, 6.07) is 8.16. The minimum absolute atomic E-state index is 0.0443. The number of nitriles is 1. The van der Waals surface area contributed by atoms with Crippen LogP contribution in [-0.2, 0) is 6.54 Å². The summed E-state index contributed by atoms with van der Waals surface area (Å²) in [4.78, 5) is 27.7. The van der Waals surface area contributed by atoms with Crippen molar-refractivity contribution in [2.45, 2.75) is 25.9 Å². The van der Waals surface area contributed by atoms with E-state index in [1.54, 1.807) is 41.8 Å². The molecule has 0 amide bonds. The predicted molar refractivity (Wildman–Crippen MR) is 149 cm³/mol. The van der Waals surface area contributed by atoms with E-state index in [1.807, 2.05) is 0 Å². The molecule has 4 heterocycles. The number of allylic oxidation sites excluding steroid dienone is 4. The summed E-state index contributed by atoms with van der Waals surface area (Å²) >= 11 is 0. The number of aromatic nitrogens is 6. The number of benzene rings is 2. The second-order valence-corrected chi connectivity index (χ2v) is 9.48. The zero-order valence-corrected chi connectivity index (χ0v) is 22.1.